The highest BCUT2D eigenvalue weighted by atomic mass is 35.5. The molecule has 0 aliphatic rings. The second-order valence-electron chi connectivity index (χ2n) is 2.98. The number of aromatic nitrogens is 1. The van der Waals surface area contributed by atoms with Gasteiger partial charge in [-0.3, -0.25) is 0 Å². The number of benzene rings is 1. The van der Waals surface area contributed by atoms with Gasteiger partial charge in [0.1, 0.15) is 0 Å². The molecule has 1 nitrogen and oxygen atoms in total. The first-order valence-electron chi connectivity index (χ1n) is 4.24. The Morgan fingerprint density at radius 2 is 1.87 bits per heavy atom. The molecule has 0 bridgehead atoms. The van der Waals surface area contributed by atoms with E-state index in [0.29, 0.717) is 16.1 Å². The maximum absolute atomic E-state index is 12.9. The molecule has 0 atom stereocenters. The van der Waals surface area contributed by atoms with Crippen molar-refractivity contribution in [2.75, 3.05) is 0 Å². The van der Waals surface area contributed by atoms with Gasteiger partial charge in [-0.1, -0.05) is 29.8 Å². The molecule has 0 radical (unpaired) electrons. The molecule has 0 saturated carbocycles. The van der Waals surface area contributed by atoms with Crippen LogP contribution in [-0.4, -0.2) is 4.98 Å². The molecule has 0 aliphatic heterocycles. The summed E-state index contributed by atoms with van der Waals surface area (Å²) in [6.07, 6.45) is 1.25. The van der Waals surface area contributed by atoms with Crippen LogP contribution in [0.4, 0.5) is 8.78 Å². The van der Waals surface area contributed by atoms with Crippen molar-refractivity contribution in [2.45, 2.75) is 0 Å². The fraction of sp³-hybridized carbons (Fsp3) is 0. The van der Waals surface area contributed by atoms with Gasteiger partial charge in [-0.05, 0) is 12.1 Å². The van der Waals surface area contributed by atoms with Gasteiger partial charge in [0.15, 0.2) is 5.82 Å². The van der Waals surface area contributed by atoms with Crippen molar-refractivity contribution in [2.24, 2.45) is 0 Å². The third-order valence-corrected chi connectivity index (χ3v) is 2.31. The van der Waals surface area contributed by atoms with Crippen molar-refractivity contribution in [1.82, 2.24) is 4.98 Å². The fourth-order valence-corrected chi connectivity index (χ4v) is 1.51. The Balaban J connectivity index is 2.55. The smallest absolute Gasteiger partial charge is 0.225 e. The number of nitrogens with zero attached hydrogens (tertiary/aromatic N) is 1. The van der Waals surface area contributed by atoms with Crippen molar-refractivity contribution in [3.63, 3.8) is 0 Å². The molecule has 0 fully saturated rings. The molecular weight excluding hydrogens is 220 g/mol. The Hall–Kier alpha value is -1.48. The van der Waals surface area contributed by atoms with Crippen molar-refractivity contribution >= 4 is 11.6 Å². The van der Waals surface area contributed by atoms with Crippen LogP contribution in [0.25, 0.3) is 11.1 Å². The van der Waals surface area contributed by atoms with E-state index in [1.54, 1.807) is 24.3 Å². The number of pyridine rings is 1. The zero-order valence-corrected chi connectivity index (χ0v) is 8.30. The highest BCUT2D eigenvalue weighted by Gasteiger charge is 2.07. The summed E-state index contributed by atoms with van der Waals surface area (Å²) in [5, 5.41) is 0.477. The molecule has 1 heterocycles. The quantitative estimate of drug-likeness (QED) is 0.675. The lowest BCUT2D eigenvalue weighted by molar-refractivity contribution is 0.480. The number of rotatable bonds is 1. The number of halogens is 3. The first-order chi connectivity index (χ1) is 7.18. The maximum Gasteiger partial charge on any atom is 0.248 e. The summed E-state index contributed by atoms with van der Waals surface area (Å²) in [6, 6.07) is 8.00. The highest BCUT2D eigenvalue weighted by molar-refractivity contribution is 6.33. The Morgan fingerprint density at radius 3 is 2.53 bits per heavy atom. The summed E-state index contributed by atoms with van der Waals surface area (Å²) in [6.45, 7) is 0. The van der Waals surface area contributed by atoms with Crippen LogP contribution in [0.5, 0.6) is 0 Å². The topological polar surface area (TPSA) is 12.9 Å². The molecule has 1 aromatic carbocycles. The lowest BCUT2D eigenvalue weighted by atomic mass is 10.1. The predicted molar refractivity (Wildman–Crippen MR) is 54.6 cm³/mol. The fourth-order valence-electron chi connectivity index (χ4n) is 1.26. The van der Waals surface area contributed by atoms with Gasteiger partial charge >= 0.3 is 0 Å². The van der Waals surface area contributed by atoms with Crippen LogP contribution < -0.4 is 0 Å². The van der Waals surface area contributed by atoms with Crippen LogP contribution in [0, 0.1) is 11.8 Å². The van der Waals surface area contributed by atoms with E-state index in [9.17, 15) is 8.78 Å². The Morgan fingerprint density at radius 1 is 1.13 bits per heavy atom. The van der Waals surface area contributed by atoms with Gasteiger partial charge < -0.3 is 0 Å². The van der Waals surface area contributed by atoms with Gasteiger partial charge in [0.2, 0.25) is 5.95 Å². The van der Waals surface area contributed by atoms with Crippen LogP contribution in [0.3, 0.4) is 0 Å². The Labute approximate surface area is 90.3 Å². The lowest BCUT2D eigenvalue weighted by Crippen LogP contribution is -1.90. The molecule has 0 spiro atoms. The molecule has 0 unspecified atom stereocenters. The standard InChI is InChI=1S/C11H6ClF2N/c12-9-4-2-1-3-8(9)7-5-10(13)11(14)15-6-7/h1-6H. The molecule has 0 saturated heterocycles. The summed E-state index contributed by atoms with van der Waals surface area (Å²) >= 11 is 5.91. The minimum atomic E-state index is -1.11. The Bertz CT molecular complexity index is 500. The molecule has 0 amide bonds. The van der Waals surface area contributed by atoms with Gasteiger partial charge in [0, 0.05) is 22.3 Å². The van der Waals surface area contributed by atoms with Gasteiger partial charge in [-0.15, -0.1) is 0 Å². The summed E-state index contributed by atoms with van der Waals surface area (Å²) < 4.78 is 25.5. The molecule has 2 rings (SSSR count). The van der Waals surface area contributed by atoms with E-state index >= 15 is 0 Å². The minimum absolute atomic E-state index is 0.458. The van der Waals surface area contributed by atoms with Crippen LogP contribution in [0.15, 0.2) is 36.5 Å². The largest absolute Gasteiger partial charge is 0.248 e. The van der Waals surface area contributed by atoms with Crippen molar-refractivity contribution < 1.29 is 8.78 Å². The monoisotopic (exact) mass is 225 g/mol. The summed E-state index contributed by atoms with van der Waals surface area (Å²) in [4.78, 5) is 3.30. The number of hydrogen-bond donors (Lipinski definition) is 0. The van der Waals surface area contributed by atoms with Crippen molar-refractivity contribution in [1.29, 1.82) is 0 Å². The van der Waals surface area contributed by atoms with Crippen molar-refractivity contribution in [3.05, 3.63) is 53.3 Å². The van der Waals surface area contributed by atoms with Crippen LogP contribution in [0.2, 0.25) is 5.02 Å². The van der Waals surface area contributed by atoms with E-state index in [4.69, 9.17) is 11.6 Å². The van der Waals surface area contributed by atoms with E-state index in [1.165, 1.54) is 6.20 Å². The first kappa shape index (κ1) is 10.1. The lowest BCUT2D eigenvalue weighted by Gasteiger charge is -2.03. The molecule has 0 aliphatic carbocycles. The van der Waals surface area contributed by atoms with E-state index < -0.39 is 11.8 Å². The molecule has 2 aromatic rings. The first-order valence-corrected chi connectivity index (χ1v) is 4.62. The zero-order valence-electron chi connectivity index (χ0n) is 7.55. The van der Waals surface area contributed by atoms with E-state index in [0.717, 1.165) is 6.07 Å². The van der Waals surface area contributed by atoms with E-state index in [1.807, 2.05) is 0 Å². The second-order valence-corrected chi connectivity index (χ2v) is 3.38. The van der Waals surface area contributed by atoms with E-state index in [2.05, 4.69) is 4.98 Å². The van der Waals surface area contributed by atoms with Crippen LogP contribution >= 0.6 is 11.6 Å². The SMILES string of the molecule is Fc1cc(-c2ccccc2Cl)cnc1F. The molecular formula is C11H6ClF2N. The van der Waals surface area contributed by atoms with Crippen LogP contribution in [-0.2, 0) is 0 Å². The average Bonchev–Trinajstić information content (AvgIpc) is 2.23. The molecule has 15 heavy (non-hydrogen) atoms. The zero-order chi connectivity index (χ0) is 10.8. The van der Waals surface area contributed by atoms with Gasteiger partial charge in [-0.2, -0.15) is 4.39 Å². The normalized spacial score (nSPS) is 10.3. The summed E-state index contributed by atoms with van der Waals surface area (Å²) in [5.41, 5.74) is 1.09. The molecule has 1 aromatic heterocycles. The third kappa shape index (κ3) is 1.97. The Kier molecular flexibility index (Phi) is 2.64. The van der Waals surface area contributed by atoms with Crippen LogP contribution in [0.1, 0.15) is 0 Å². The van der Waals surface area contributed by atoms with Gasteiger partial charge in [-0.25, -0.2) is 9.37 Å². The van der Waals surface area contributed by atoms with Crippen molar-refractivity contribution in [3.8, 4) is 11.1 Å². The average molecular weight is 226 g/mol. The molecule has 4 heteroatoms. The number of hydrogen-bond acceptors (Lipinski definition) is 1. The highest BCUT2D eigenvalue weighted by Crippen LogP contribution is 2.27. The third-order valence-electron chi connectivity index (χ3n) is 1.98. The summed E-state index contributed by atoms with van der Waals surface area (Å²) in [5.74, 6) is -2.08. The summed E-state index contributed by atoms with van der Waals surface area (Å²) in [7, 11) is 0. The maximum atomic E-state index is 12.9. The van der Waals surface area contributed by atoms with Gasteiger partial charge in [0.05, 0.1) is 0 Å². The minimum Gasteiger partial charge on any atom is -0.225 e. The molecule has 0 N–H and O–H groups in total. The molecule has 76 valence electrons. The van der Waals surface area contributed by atoms with E-state index in [-0.39, 0.29) is 0 Å². The predicted octanol–water partition coefficient (Wildman–Crippen LogP) is 3.68. The second kappa shape index (κ2) is 3.95. The van der Waals surface area contributed by atoms with Gasteiger partial charge in [0.25, 0.3) is 0 Å².